The molecule has 5 nitrogen and oxygen atoms in total. The molecule has 0 saturated carbocycles. The van der Waals surface area contributed by atoms with E-state index < -0.39 is 0 Å². The number of rotatable bonds is 8. The highest BCUT2D eigenvalue weighted by atomic mass is 127. The fraction of sp³-hybridized carbons (Fsp3) is 0.632. The third-order valence-electron chi connectivity index (χ3n) is 4.52. The lowest BCUT2D eigenvalue weighted by molar-refractivity contribution is 0.0536. The summed E-state index contributed by atoms with van der Waals surface area (Å²) in [5.74, 6) is 1.56. The lowest BCUT2D eigenvalue weighted by atomic mass is 10.1. The lowest BCUT2D eigenvalue weighted by Gasteiger charge is -2.22. The molecule has 1 N–H and O–H groups in total. The number of hydrogen-bond acceptors (Lipinski definition) is 3. The maximum atomic E-state index is 5.67. The zero-order chi connectivity index (χ0) is 17.2. The van der Waals surface area contributed by atoms with Gasteiger partial charge in [0.1, 0.15) is 0 Å². The van der Waals surface area contributed by atoms with Crippen LogP contribution in [0.25, 0.3) is 0 Å². The van der Waals surface area contributed by atoms with Crippen molar-refractivity contribution in [3.8, 4) is 0 Å². The molecule has 1 aliphatic heterocycles. The van der Waals surface area contributed by atoms with Gasteiger partial charge in [0.2, 0.25) is 0 Å². The van der Waals surface area contributed by atoms with Gasteiger partial charge in [-0.1, -0.05) is 31.2 Å². The Balaban J connectivity index is 0.00000312. The number of hydrogen-bond donors (Lipinski definition) is 1. The van der Waals surface area contributed by atoms with Crippen molar-refractivity contribution in [1.82, 2.24) is 10.2 Å². The van der Waals surface area contributed by atoms with Gasteiger partial charge in [-0.05, 0) is 24.0 Å². The SMILES string of the molecule is CCc1ccccc1CNC(=NC)N1CCC(COCCOC)C1.I. The number of benzene rings is 1. The van der Waals surface area contributed by atoms with Gasteiger partial charge in [-0.25, -0.2) is 0 Å². The Morgan fingerprint density at radius 2 is 2.04 bits per heavy atom. The van der Waals surface area contributed by atoms with Gasteiger partial charge in [-0.2, -0.15) is 0 Å². The van der Waals surface area contributed by atoms with Crippen molar-refractivity contribution in [2.45, 2.75) is 26.3 Å². The number of likely N-dealkylation sites (tertiary alicyclic amines) is 1. The molecule has 1 unspecified atom stereocenters. The predicted octanol–water partition coefficient (Wildman–Crippen LogP) is 2.93. The summed E-state index contributed by atoms with van der Waals surface area (Å²) in [5.41, 5.74) is 2.74. The molecule has 1 heterocycles. The van der Waals surface area contributed by atoms with Crippen LogP contribution in [0.15, 0.2) is 29.3 Å². The molecule has 1 atom stereocenters. The van der Waals surface area contributed by atoms with Crippen LogP contribution in [0.2, 0.25) is 0 Å². The molecule has 1 aromatic rings. The lowest BCUT2D eigenvalue weighted by Crippen LogP contribution is -2.40. The van der Waals surface area contributed by atoms with E-state index >= 15 is 0 Å². The van der Waals surface area contributed by atoms with Gasteiger partial charge in [0.15, 0.2) is 5.96 Å². The van der Waals surface area contributed by atoms with Crippen LogP contribution in [0.4, 0.5) is 0 Å². The van der Waals surface area contributed by atoms with Crippen LogP contribution < -0.4 is 5.32 Å². The highest BCUT2D eigenvalue weighted by molar-refractivity contribution is 14.0. The Bertz CT molecular complexity index is 525. The van der Waals surface area contributed by atoms with Crippen LogP contribution in [0.3, 0.4) is 0 Å². The van der Waals surface area contributed by atoms with E-state index in [1.54, 1.807) is 7.11 Å². The van der Waals surface area contributed by atoms with Gasteiger partial charge < -0.3 is 19.7 Å². The largest absolute Gasteiger partial charge is 0.382 e. The van der Waals surface area contributed by atoms with Crippen molar-refractivity contribution in [1.29, 1.82) is 0 Å². The first-order valence-corrected chi connectivity index (χ1v) is 8.87. The van der Waals surface area contributed by atoms with E-state index in [0.29, 0.717) is 19.1 Å². The quantitative estimate of drug-likeness (QED) is 0.280. The molecule has 2 rings (SSSR count). The predicted molar refractivity (Wildman–Crippen MR) is 114 cm³/mol. The molecular formula is C19H32IN3O2. The molecule has 142 valence electrons. The van der Waals surface area contributed by atoms with Crippen LogP contribution in [-0.4, -0.2) is 57.9 Å². The number of aliphatic imine (C=N–C) groups is 1. The van der Waals surface area contributed by atoms with Gasteiger partial charge in [0.05, 0.1) is 19.8 Å². The van der Waals surface area contributed by atoms with Crippen molar-refractivity contribution in [3.63, 3.8) is 0 Å². The van der Waals surface area contributed by atoms with E-state index in [1.807, 2.05) is 7.05 Å². The van der Waals surface area contributed by atoms with E-state index in [4.69, 9.17) is 9.47 Å². The average Bonchev–Trinajstić information content (AvgIpc) is 3.08. The summed E-state index contributed by atoms with van der Waals surface area (Å²) < 4.78 is 10.7. The van der Waals surface area contributed by atoms with Gasteiger partial charge in [0, 0.05) is 39.7 Å². The summed E-state index contributed by atoms with van der Waals surface area (Å²) in [6.07, 6.45) is 2.21. The summed E-state index contributed by atoms with van der Waals surface area (Å²) in [5, 5.41) is 3.51. The summed E-state index contributed by atoms with van der Waals surface area (Å²) in [6.45, 7) is 7.19. The molecule has 0 radical (unpaired) electrons. The Kier molecular flexibility index (Phi) is 11.1. The molecule has 1 aliphatic rings. The molecule has 0 aromatic heterocycles. The monoisotopic (exact) mass is 461 g/mol. The second-order valence-corrected chi connectivity index (χ2v) is 6.19. The van der Waals surface area contributed by atoms with Crippen LogP contribution in [-0.2, 0) is 22.4 Å². The number of halogens is 1. The van der Waals surface area contributed by atoms with E-state index in [1.165, 1.54) is 11.1 Å². The first kappa shape index (κ1) is 22.2. The minimum absolute atomic E-state index is 0. The number of aryl methyl sites for hydroxylation is 1. The third kappa shape index (κ3) is 7.11. The molecule has 1 aromatic carbocycles. The number of nitrogens with zero attached hydrogens (tertiary/aromatic N) is 2. The Morgan fingerprint density at radius 1 is 1.28 bits per heavy atom. The van der Waals surface area contributed by atoms with Crippen molar-refractivity contribution < 1.29 is 9.47 Å². The topological polar surface area (TPSA) is 46.1 Å². The maximum Gasteiger partial charge on any atom is 0.193 e. The first-order chi connectivity index (χ1) is 11.8. The number of ether oxygens (including phenoxy) is 2. The Labute approximate surface area is 169 Å². The van der Waals surface area contributed by atoms with Crippen LogP contribution in [0.1, 0.15) is 24.5 Å². The molecule has 0 spiro atoms. The number of methoxy groups -OCH3 is 1. The molecular weight excluding hydrogens is 429 g/mol. The first-order valence-electron chi connectivity index (χ1n) is 8.87. The molecule has 0 amide bonds. The number of nitrogens with one attached hydrogen (secondary N) is 1. The summed E-state index contributed by atoms with van der Waals surface area (Å²) in [4.78, 5) is 6.79. The second-order valence-electron chi connectivity index (χ2n) is 6.19. The summed E-state index contributed by atoms with van der Waals surface area (Å²) in [6, 6.07) is 8.59. The summed E-state index contributed by atoms with van der Waals surface area (Å²) in [7, 11) is 3.56. The Morgan fingerprint density at radius 3 is 2.72 bits per heavy atom. The molecule has 6 heteroatoms. The van der Waals surface area contributed by atoms with Crippen LogP contribution in [0.5, 0.6) is 0 Å². The Hall–Kier alpha value is -0.860. The maximum absolute atomic E-state index is 5.67. The van der Waals surface area contributed by atoms with Crippen LogP contribution in [0, 0.1) is 5.92 Å². The fourth-order valence-corrected chi connectivity index (χ4v) is 3.13. The second kappa shape index (κ2) is 12.5. The normalized spacial score (nSPS) is 17.5. The highest BCUT2D eigenvalue weighted by Crippen LogP contribution is 2.17. The van der Waals surface area contributed by atoms with E-state index in [9.17, 15) is 0 Å². The zero-order valence-electron chi connectivity index (χ0n) is 15.7. The highest BCUT2D eigenvalue weighted by Gasteiger charge is 2.24. The smallest absolute Gasteiger partial charge is 0.193 e. The number of guanidine groups is 1. The van der Waals surface area contributed by atoms with Crippen molar-refractivity contribution in [2.75, 3.05) is 47.1 Å². The molecule has 1 fully saturated rings. The van der Waals surface area contributed by atoms with Gasteiger partial charge in [-0.3, -0.25) is 4.99 Å². The molecule has 0 aliphatic carbocycles. The van der Waals surface area contributed by atoms with Crippen molar-refractivity contribution in [3.05, 3.63) is 35.4 Å². The minimum Gasteiger partial charge on any atom is -0.382 e. The average molecular weight is 461 g/mol. The fourth-order valence-electron chi connectivity index (χ4n) is 3.13. The van der Waals surface area contributed by atoms with Crippen molar-refractivity contribution in [2.24, 2.45) is 10.9 Å². The zero-order valence-corrected chi connectivity index (χ0v) is 18.0. The van der Waals surface area contributed by atoms with E-state index in [-0.39, 0.29) is 24.0 Å². The van der Waals surface area contributed by atoms with Gasteiger partial charge in [0.25, 0.3) is 0 Å². The van der Waals surface area contributed by atoms with Gasteiger partial charge in [-0.15, -0.1) is 24.0 Å². The van der Waals surface area contributed by atoms with Crippen LogP contribution >= 0.6 is 24.0 Å². The third-order valence-corrected chi connectivity index (χ3v) is 4.52. The minimum atomic E-state index is 0. The van der Waals surface area contributed by atoms with Crippen molar-refractivity contribution >= 4 is 29.9 Å². The summed E-state index contributed by atoms with van der Waals surface area (Å²) >= 11 is 0. The van der Waals surface area contributed by atoms with E-state index in [0.717, 1.165) is 45.0 Å². The molecule has 1 saturated heterocycles. The molecule has 25 heavy (non-hydrogen) atoms. The standard InChI is InChI=1S/C19H31N3O2.HI/c1-4-17-7-5-6-8-18(17)13-21-19(20-2)22-10-9-16(14-22)15-24-12-11-23-3;/h5-8,16H,4,9-15H2,1-3H3,(H,20,21);1H. The van der Waals surface area contributed by atoms with E-state index in [2.05, 4.69) is 46.4 Å². The van der Waals surface area contributed by atoms with Gasteiger partial charge >= 0.3 is 0 Å². The molecule has 0 bridgehead atoms.